The van der Waals surface area contributed by atoms with Crippen LogP contribution in [0.2, 0.25) is 0 Å². The van der Waals surface area contributed by atoms with Crippen molar-refractivity contribution in [2.45, 2.75) is 57.1 Å². The van der Waals surface area contributed by atoms with Gasteiger partial charge in [-0.1, -0.05) is 37.8 Å². The van der Waals surface area contributed by atoms with Gasteiger partial charge in [0.2, 0.25) is 0 Å². The van der Waals surface area contributed by atoms with Gasteiger partial charge in [0.1, 0.15) is 5.82 Å². The molecule has 1 fully saturated rings. The van der Waals surface area contributed by atoms with Crippen molar-refractivity contribution >= 4 is 0 Å². The molecule has 20 heavy (non-hydrogen) atoms. The zero-order valence-electron chi connectivity index (χ0n) is 12.2. The van der Waals surface area contributed by atoms with Gasteiger partial charge < -0.3 is 4.74 Å². The van der Waals surface area contributed by atoms with E-state index in [1.54, 1.807) is 12.1 Å². The van der Waals surface area contributed by atoms with Crippen LogP contribution in [0.25, 0.3) is 0 Å². The predicted octanol–water partition coefficient (Wildman–Crippen LogP) is 3.46. The lowest BCUT2D eigenvalue weighted by Gasteiger charge is -2.40. The lowest BCUT2D eigenvalue weighted by Crippen LogP contribution is -2.48. The lowest BCUT2D eigenvalue weighted by molar-refractivity contribution is -0.0783. The van der Waals surface area contributed by atoms with Gasteiger partial charge in [-0.15, -0.1) is 0 Å². The normalized spacial score (nSPS) is 20.4. The number of ether oxygens (including phenoxy) is 1. The van der Waals surface area contributed by atoms with E-state index < -0.39 is 0 Å². The van der Waals surface area contributed by atoms with E-state index in [0.717, 1.165) is 31.2 Å². The molecule has 1 aromatic rings. The molecular weight excluding hydrogens is 255 g/mol. The minimum atomic E-state index is -0.280. The summed E-state index contributed by atoms with van der Waals surface area (Å²) in [6.45, 7) is 2.68. The zero-order chi connectivity index (χ0) is 14.4. The molecule has 0 saturated heterocycles. The monoisotopic (exact) mass is 280 g/mol. The largest absolute Gasteiger partial charge is 0.373 e. The SMILES string of the molecule is CCOC1(C(NN)c2ccc(F)cc2)CCCCCC1. The van der Waals surface area contributed by atoms with Crippen molar-refractivity contribution in [1.82, 2.24) is 5.43 Å². The summed E-state index contributed by atoms with van der Waals surface area (Å²) in [6, 6.07) is 6.46. The molecule has 0 aromatic heterocycles. The summed E-state index contributed by atoms with van der Waals surface area (Å²) >= 11 is 0. The van der Waals surface area contributed by atoms with Crippen molar-refractivity contribution in [2.24, 2.45) is 5.84 Å². The average Bonchev–Trinajstić information content (AvgIpc) is 2.69. The minimum absolute atomic E-state index is 0.0962. The number of rotatable bonds is 5. The molecule has 0 bridgehead atoms. The Morgan fingerprint density at radius 1 is 1.20 bits per heavy atom. The fraction of sp³-hybridized carbons (Fsp3) is 0.625. The van der Waals surface area contributed by atoms with Gasteiger partial charge in [-0.05, 0) is 37.5 Å². The van der Waals surface area contributed by atoms with Gasteiger partial charge in [-0.25, -0.2) is 4.39 Å². The van der Waals surface area contributed by atoms with E-state index in [1.807, 2.05) is 6.92 Å². The molecule has 112 valence electrons. The van der Waals surface area contributed by atoms with Crippen LogP contribution in [-0.4, -0.2) is 12.2 Å². The van der Waals surface area contributed by atoms with E-state index in [4.69, 9.17) is 10.6 Å². The Kier molecular flexibility index (Phi) is 5.52. The summed E-state index contributed by atoms with van der Waals surface area (Å²) in [5, 5.41) is 0. The van der Waals surface area contributed by atoms with Crippen molar-refractivity contribution in [1.29, 1.82) is 0 Å². The highest BCUT2D eigenvalue weighted by atomic mass is 19.1. The second kappa shape index (κ2) is 7.16. The van der Waals surface area contributed by atoms with E-state index in [1.165, 1.54) is 25.0 Å². The van der Waals surface area contributed by atoms with Gasteiger partial charge >= 0.3 is 0 Å². The molecule has 0 aliphatic heterocycles. The molecule has 0 spiro atoms. The Bertz CT molecular complexity index is 399. The van der Waals surface area contributed by atoms with E-state index in [2.05, 4.69) is 5.43 Å². The predicted molar refractivity (Wildman–Crippen MR) is 78.5 cm³/mol. The summed E-state index contributed by atoms with van der Waals surface area (Å²) in [5.74, 6) is 5.59. The molecule has 0 radical (unpaired) electrons. The first-order valence-corrected chi connectivity index (χ1v) is 7.57. The first-order valence-electron chi connectivity index (χ1n) is 7.57. The number of halogens is 1. The van der Waals surface area contributed by atoms with Crippen molar-refractivity contribution < 1.29 is 9.13 Å². The van der Waals surface area contributed by atoms with Crippen LogP contribution in [0.1, 0.15) is 57.1 Å². The molecular formula is C16H25FN2O. The highest BCUT2D eigenvalue weighted by Crippen LogP contribution is 2.40. The molecule has 1 saturated carbocycles. The highest BCUT2D eigenvalue weighted by Gasteiger charge is 2.40. The smallest absolute Gasteiger partial charge is 0.123 e. The van der Waals surface area contributed by atoms with Gasteiger partial charge in [0.05, 0.1) is 11.6 Å². The summed E-state index contributed by atoms with van der Waals surface area (Å²) in [6.07, 6.45) is 6.78. The lowest BCUT2D eigenvalue weighted by atomic mass is 9.82. The molecule has 1 aliphatic rings. The second-order valence-corrected chi connectivity index (χ2v) is 5.56. The molecule has 1 unspecified atom stereocenters. The second-order valence-electron chi connectivity index (χ2n) is 5.56. The van der Waals surface area contributed by atoms with Crippen molar-refractivity contribution in [2.75, 3.05) is 6.61 Å². The third-order valence-corrected chi connectivity index (χ3v) is 4.28. The number of hydrogen-bond donors (Lipinski definition) is 2. The van der Waals surface area contributed by atoms with Crippen LogP contribution in [0, 0.1) is 5.82 Å². The van der Waals surface area contributed by atoms with Crippen LogP contribution in [0.4, 0.5) is 4.39 Å². The first kappa shape index (κ1) is 15.4. The summed E-state index contributed by atoms with van der Waals surface area (Å²) in [7, 11) is 0. The van der Waals surface area contributed by atoms with Crippen LogP contribution < -0.4 is 11.3 Å². The maximum atomic E-state index is 13.1. The van der Waals surface area contributed by atoms with Crippen molar-refractivity contribution in [3.63, 3.8) is 0 Å². The quantitative estimate of drug-likeness (QED) is 0.493. The number of hydrazine groups is 1. The fourth-order valence-electron chi connectivity index (χ4n) is 3.34. The molecule has 1 aliphatic carbocycles. The average molecular weight is 280 g/mol. The maximum absolute atomic E-state index is 13.1. The van der Waals surface area contributed by atoms with Crippen LogP contribution in [0.15, 0.2) is 24.3 Å². The fourth-order valence-corrected chi connectivity index (χ4v) is 3.34. The van der Waals surface area contributed by atoms with Gasteiger partial charge in [-0.3, -0.25) is 11.3 Å². The van der Waals surface area contributed by atoms with Crippen molar-refractivity contribution in [3.8, 4) is 0 Å². The third kappa shape index (κ3) is 3.37. The van der Waals surface area contributed by atoms with E-state index in [-0.39, 0.29) is 17.5 Å². The van der Waals surface area contributed by atoms with Crippen molar-refractivity contribution in [3.05, 3.63) is 35.6 Å². The van der Waals surface area contributed by atoms with Gasteiger partial charge in [0.15, 0.2) is 0 Å². The molecule has 4 heteroatoms. The van der Waals surface area contributed by atoms with Crippen LogP contribution >= 0.6 is 0 Å². The standard InChI is InChI=1S/C16H25FN2O/c1-2-20-16(11-5-3-4-6-12-16)15(19-18)13-7-9-14(17)10-8-13/h7-10,15,19H,2-6,11-12,18H2,1H3. The van der Waals surface area contributed by atoms with Crippen LogP contribution in [0.5, 0.6) is 0 Å². The number of benzene rings is 1. The molecule has 0 heterocycles. The first-order chi connectivity index (χ1) is 9.72. The molecule has 3 N–H and O–H groups in total. The molecule has 1 atom stereocenters. The van der Waals surface area contributed by atoms with Crippen LogP contribution in [0.3, 0.4) is 0 Å². The summed E-state index contributed by atoms with van der Waals surface area (Å²) < 4.78 is 19.3. The topological polar surface area (TPSA) is 47.3 Å². The molecule has 0 amide bonds. The number of hydrogen-bond acceptors (Lipinski definition) is 3. The minimum Gasteiger partial charge on any atom is -0.373 e. The Labute approximate surface area is 120 Å². The maximum Gasteiger partial charge on any atom is 0.123 e. The zero-order valence-corrected chi connectivity index (χ0v) is 12.2. The summed E-state index contributed by atoms with van der Waals surface area (Å²) in [5.41, 5.74) is 3.62. The Hall–Kier alpha value is -0.970. The van der Waals surface area contributed by atoms with E-state index >= 15 is 0 Å². The molecule has 2 rings (SSSR count). The van der Waals surface area contributed by atoms with Crippen LogP contribution in [-0.2, 0) is 4.74 Å². The number of nitrogens with two attached hydrogens (primary N) is 1. The van der Waals surface area contributed by atoms with Gasteiger partial charge in [0, 0.05) is 6.61 Å². The Morgan fingerprint density at radius 2 is 1.80 bits per heavy atom. The number of nitrogens with one attached hydrogen (secondary N) is 1. The Morgan fingerprint density at radius 3 is 2.30 bits per heavy atom. The molecule has 3 nitrogen and oxygen atoms in total. The third-order valence-electron chi connectivity index (χ3n) is 4.28. The molecule has 1 aromatic carbocycles. The van der Waals surface area contributed by atoms with Gasteiger partial charge in [-0.2, -0.15) is 0 Å². The Balaban J connectivity index is 2.30. The summed E-state index contributed by atoms with van der Waals surface area (Å²) in [4.78, 5) is 0. The van der Waals surface area contributed by atoms with E-state index in [9.17, 15) is 4.39 Å². The highest BCUT2D eigenvalue weighted by molar-refractivity contribution is 5.23. The van der Waals surface area contributed by atoms with Gasteiger partial charge in [0.25, 0.3) is 0 Å². The van der Waals surface area contributed by atoms with E-state index in [0.29, 0.717) is 6.61 Å².